The quantitative estimate of drug-likeness (QED) is 0.437. The third-order valence-corrected chi connectivity index (χ3v) is 1.50. The van der Waals surface area contributed by atoms with Crippen LogP contribution in [0.15, 0.2) is 0 Å². The number of amides is 2. The normalized spacial score (nSPS) is 10.1. The average Bonchev–Trinajstić information content (AvgIpc) is 2.25. The van der Waals surface area contributed by atoms with E-state index >= 15 is 0 Å². The number of ether oxygens (including phenoxy) is 3. The van der Waals surface area contributed by atoms with Gasteiger partial charge in [-0.05, 0) is 0 Å². The number of hydrogen-bond donors (Lipinski definition) is 2. The van der Waals surface area contributed by atoms with Gasteiger partial charge in [0.2, 0.25) is 11.8 Å². The van der Waals surface area contributed by atoms with Gasteiger partial charge in [-0.2, -0.15) is 0 Å². The highest BCUT2D eigenvalue weighted by Crippen LogP contribution is 1.80. The van der Waals surface area contributed by atoms with E-state index in [4.69, 9.17) is 19.9 Å². The molecule has 0 aliphatic carbocycles. The number of hydrogen-bond acceptors (Lipinski definition) is 5. The number of primary amides is 1. The number of nitrogens with one attached hydrogen (secondary N) is 1. The molecule has 0 saturated heterocycles. The number of carbonyl (C=O) groups is 2. The number of nitrogens with two attached hydrogens (primary N) is 1. The van der Waals surface area contributed by atoms with Gasteiger partial charge in [-0.15, -0.1) is 0 Å². The van der Waals surface area contributed by atoms with Crippen LogP contribution in [0.25, 0.3) is 0 Å². The largest absolute Gasteiger partial charge is 0.382 e. The van der Waals surface area contributed by atoms with Crippen LogP contribution in [0.3, 0.4) is 0 Å². The van der Waals surface area contributed by atoms with E-state index in [-0.39, 0.29) is 19.1 Å². The fraction of sp³-hybridized carbons (Fsp3) is 0.778. The average molecular weight is 234 g/mol. The molecule has 0 unspecified atom stereocenters. The number of rotatable bonds is 10. The molecule has 16 heavy (non-hydrogen) atoms. The van der Waals surface area contributed by atoms with Crippen molar-refractivity contribution >= 4 is 11.8 Å². The summed E-state index contributed by atoms with van der Waals surface area (Å²) in [5, 5.41) is 2.29. The fourth-order valence-corrected chi connectivity index (χ4v) is 0.764. The Morgan fingerprint density at radius 2 is 1.75 bits per heavy atom. The molecule has 0 heterocycles. The molecule has 0 saturated carbocycles. The maximum atomic E-state index is 11.0. The highest BCUT2D eigenvalue weighted by molar-refractivity contribution is 5.84. The van der Waals surface area contributed by atoms with Crippen LogP contribution in [0.4, 0.5) is 0 Å². The molecular formula is C9H18N2O5. The lowest BCUT2D eigenvalue weighted by atomic mass is 10.5. The molecule has 7 nitrogen and oxygen atoms in total. The first kappa shape index (κ1) is 14.8. The second kappa shape index (κ2) is 10.3. The first-order chi connectivity index (χ1) is 7.66. The molecule has 0 aromatic heterocycles. The third-order valence-electron chi connectivity index (χ3n) is 1.50. The molecule has 0 rings (SSSR count). The van der Waals surface area contributed by atoms with Gasteiger partial charge >= 0.3 is 0 Å². The zero-order valence-corrected chi connectivity index (χ0v) is 9.36. The van der Waals surface area contributed by atoms with Crippen LogP contribution in [-0.4, -0.2) is 58.5 Å². The summed E-state index contributed by atoms with van der Waals surface area (Å²) < 4.78 is 14.8. The Kier molecular flexibility index (Phi) is 9.58. The summed E-state index contributed by atoms with van der Waals surface area (Å²) in [5.74, 6) is -0.966. The smallest absolute Gasteiger partial charge is 0.246 e. The van der Waals surface area contributed by atoms with Gasteiger partial charge in [0.1, 0.15) is 6.61 Å². The van der Waals surface area contributed by atoms with E-state index in [1.54, 1.807) is 7.11 Å². The molecule has 0 aliphatic rings. The lowest BCUT2D eigenvalue weighted by molar-refractivity contribution is -0.128. The van der Waals surface area contributed by atoms with Crippen molar-refractivity contribution in [2.75, 3.05) is 46.7 Å². The molecule has 2 amide bonds. The molecule has 94 valence electrons. The van der Waals surface area contributed by atoms with Gasteiger partial charge in [0.15, 0.2) is 0 Å². The Balaban J connectivity index is 3.18. The van der Waals surface area contributed by atoms with Gasteiger partial charge in [-0.1, -0.05) is 0 Å². The van der Waals surface area contributed by atoms with Gasteiger partial charge in [-0.25, -0.2) is 0 Å². The lowest BCUT2D eigenvalue weighted by Crippen LogP contribution is -2.35. The molecule has 3 N–H and O–H groups in total. The summed E-state index contributed by atoms with van der Waals surface area (Å²) in [6.07, 6.45) is 0. The predicted octanol–water partition coefficient (Wildman–Crippen LogP) is -1.73. The molecule has 0 spiro atoms. The van der Waals surface area contributed by atoms with Gasteiger partial charge < -0.3 is 25.3 Å². The van der Waals surface area contributed by atoms with Crippen molar-refractivity contribution in [3.63, 3.8) is 0 Å². The predicted molar refractivity (Wildman–Crippen MR) is 55.7 cm³/mol. The van der Waals surface area contributed by atoms with Gasteiger partial charge in [-0.3, -0.25) is 9.59 Å². The molecule has 0 atom stereocenters. The Hall–Kier alpha value is -1.18. The van der Waals surface area contributed by atoms with E-state index in [2.05, 4.69) is 5.32 Å². The van der Waals surface area contributed by atoms with Crippen LogP contribution in [0.5, 0.6) is 0 Å². The summed E-state index contributed by atoms with van der Waals surface area (Å²) in [6.45, 7) is 1.44. The van der Waals surface area contributed by atoms with E-state index in [1.165, 1.54) is 0 Å². The van der Waals surface area contributed by atoms with Crippen molar-refractivity contribution in [2.45, 2.75) is 0 Å². The highest BCUT2D eigenvalue weighted by atomic mass is 16.5. The SMILES string of the molecule is COCCOCCOCC(=O)NCC(N)=O. The van der Waals surface area contributed by atoms with Gasteiger partial charge in [0.05, 0.1) is 33.0 Å². The van der Waals surface area contributed by atoms with Crippen molar-refractivity contribution in [1.29, 1.82) is 0 Å². The second-order valence-electron chi connectivity index (χ2n) is 2.90. The Labute approximate surface area is 94.2 Å². The van der Waals surface area contributed by atoms with Crippen molar-refractivity contribution in [3.8, 4) is 0 Å². The zero-order valence-electron chi connectivity index (χ0n) is 9.36. The first-order valence-electron chi connectivity index (χ1n) is 4.86. The lowest BCUT2D eigenvalue weighted by Gasteiger charge is -2.05. The zero-order chi connectivity index (χ0) is 12.2. The first-order valence-corrected chi connectivity index (χ1v) is 4.86. The van der Waals surface area contributed by atoms with Crippen LogP contribution in [0.1, 0.15) is 0 Å². The van der Waals surface area contributed by atoms with E-state index in [1.807, 2.05) is 0 Å². The monoisotopic (exact) mass is 234 g/mol. The topological polar surface area (TPSA) is 99.9 Å². The maximum absolute atomic E-state index is 11.0. The van der Waals surface area contributed by atoms with Gasteiger partial charge in [0, 0.05) is 7.11 Å². The third kappa shape index (κ3) is 10.9. The van der Waals surface area contributed by atoms with Crippen molar-refractivity contribution in [2.24, 2.45) is 5.73 Å². The second-order valence-corrected chi connectivity index (χ2v) is 2.90. The Bertz CT molecular complexity index is 210. The highest BCUT2D eigenvalue weighted by Gasteiger charge is 2.02. The van der Waals surface area contributed by atoms with Crippen LogP contribution in [0.2, 0.25) is 0 Å². The van der Waals surface area contributed by atoms with Gasteiger partial charge in [0.25, 0.3) is 0 Å². The molecule has 0 bridgehead atoms. The van der Waals surface area contributed by atoms with E-state index < -0.39 is 5.91 Å². The number of carbonyl (C=O) groups excluding carboxylic acids is 2. The summed E-state index contributed by atoms with van der Waals surface area (Å²) >= 11 is 0. The summed E-state index contributed by atoms with van der Waals surface area (Å²) in [4.78, 5) is 21.3. The Morgan fingerprint density at radius 1 is 1.12 bits per heavy atom. The molecule has 0 aromatic carbocycles. The van der Waals surface area contributed by atoms with Crippen LogP contribution in [0, 0.1) is 0 Å². The molecular weight excluding hydrogens is 216 g/mol. The minimum absolute atomic E-state index is 0.110. The van der Waals surface area contributed by atoms with E-state index in [0.29, 0.717) is 26.4 Å². The summed E-state index contributed by atoms with van der Waals surface area (Å²) in [6, 6.07) is 0. The molecule has 0 radical (unpaired) electrons. The van der Waals surface area contributed by atoms with Crippen LogP contribution < -0.4 is 11.1 Å². The minimum Gasteiger partial charge on any atom is -0.382 e. The number of methoxy groups -OCH3 is 1. The van der Waals surface area contributed by atoms with Crippen LogP contribution in [-0.2, 0) is 23.8 Å². The summed E-state index contributed by atoms with van der Waals surface area (Å²) in [7, 11) is 1.59. The minimum atomic E-state index is -0.587. The van der Waals surface area contributed by atoms with Crippen molar-refractivity contribution in [1.82, 2.24) is 5.32 Å². The molecule has 0 fully saturated rings. The van der Waals surface area contributed by atoms with Crippen LogP contribution >= 0.6 is 0 Å². The fourth-order valence-electron chi connectivity index (χ4n) is 0.764. The molecule has 0 aliphatic heterocycles. The molecule has 7 heteroatoms. The summed E-state index contributed by atoms with van der Waals surface area (Å²) in [5.41, 5.74) is 4.84. The molecule has 0 aromatic rings. The van der Waals surface area contributed by atoms with E-state index in [9.17, 15) is 9.59 Å². The maximum Gasteiger partial charge on any atom is 0.246 e. The Morgan fingerprint density at radius 3 is 2.38 bits per heavy atom. The van der Waals surface area contributed by atoms with Crippen molar-refractivity contribution in [3.05, 3.63) is 0 Å². The van der Waals surface area contributed by atoms with E-state index in [0.717, 1.165) is 0 Å². The van der Waals surface area contributed by atoms with Crippen molar-refractivity contribution < 1.29 is 23.8 Å². The standard InChI is InChI=1S/C9H18N2O5/c1-14-2-3-15-4-5-16-7-9(13)11-6-8(10)12/h2-7H2,1H3,(H2,10,12)(H,11,13).